The summed E-state index contributed by atoms with van der Waals surface area (Å²) >= 11 is 0. The van der Waals surface area contributed by atoms with Gasteiger partial charge in [0.15, 0.2) is 0 Å². The Morgan fingerprint density at radius 2 is 2.15 bits per heavy atom. The van der Waals surface area contributed by atoms with Crippen LogP contribution >= 0.6 is 0 Å². The molecule has 2 aromatic rings. The highest BCUT2D eigenvalue weighted by Gasteiger charge is 2.33. The molecule has 0 saturated carbocycles. The number of nitrogens with zero attached hydrogens (tertiary/aromatic N) is 2. The summed E-state index contributed by atoms with van der Waals surface area (Å²) < 4.78 is 2.10. The van der Waals surface area contributed by atoms with Gasteiger partial charge in [-0.3, -0.25) is 0 Å². The molecule has 1 N–H and O–H groups in total. The highest BCUT2D eigenvalue weighted by Crippen LogP contribution is 2.41. The standard InChI is InChI=1S/C17H18N2O/c1-17(2)9-15-14(16(20)10-17)6-7-19(15)13-5-3-4-12(8-13)11-18/h3-8,16,20H,9-10H2,1-2H3. The molecule has 3 rings (SSSR count). The third-order valence-corrected chi connectivity index (χ3v) is 4.03. The Bertz CT molecular complexity index is 691. The van der Waals surface area contributed by atoms with Crippen LogP contribution in [0.1, 0.15) is 43.2 Å². The fourth-order valence-corrected chi connectivity index (χ4v) is 3.10. The number of aromatic nitrogens is 1. The zero-order valence-electron chi connectivity index (χ0n) is 11.8. The van der Waals surface area contributed by atoms with Gasteiger partial charge in [0.05, 0.1) is 17.7 Å². The van der Waals surface area contributed by atoms with Gasteiger partial charge in [0, 0.05) is 23.1 Å². The number of benzene rings is 1. The van der Waals surface area contributed by atoms with E-state index in [1.807, 2.05) is 30.5 Å². The van der Waals surface area contributed by atoms with Crippen molar-refractivity contribution in [2.75, 3.05) is 0 Å². The van der Waals surface area contributed by atoms with Crippen LogP contribution in [0.15, 0.2) is 36.5 Å². The number of hydrogen-bond acceptors (Lipinski definition) is 2. The van der Waals surface area contributed by atoms with Crippen LogP contribution in [0.5, 0.6) is 0 Å². The van der Waals surface area contributed by atoms with Crippen molar-refractivity contribution < 1.29 is 5.11 Å². The molecule has 0 bridgehead atoms. The number of rotatable bonds is 1. The zero-order valence-corrected chi connectivity index (χ0v) is 11.8. The van der Waals surface area contributed by atoms with E-state index >= 15 is 0 Å². The maximum Gasteiger partial charge on any atom is 0.0992 e. The first kappa shape index (κ1) is 13.0. The van der Waals surface area contributed by atoms with Crippen molar-refractivity contribution in [3.05, 3.63) is 53.3 Å². The Morgan fingerprint density at radius 3 is 2.90 bits per heavy atom. The molecule has 1 aromatic carbocycles. The summed E-state index contributed by atoms with van der Waals surface area (Å²) in [6.07, 6.45) is 3.33. The van der Waals surface area contributed by atoms with Gasteiger partial charge >= 0.3 is 0 Å². The van der Waals surface area contributed by atoms with Crippen LogP contribution in [0.4, 0.5) is 0 Å². The minimum atomic E-state index is -0.394. The largest absolute Gasteiger partial charge is 0.388 e. The molecule has 0 amide bonds. The van der Waals surface area contributed by atoms with Crippen LogP contribution in [0.2, 0.25) is 0 Å². The van der Waals surface area contributed by atoms with Crippen LogP contribution in [-0.4, -0.2) is 9.67 Å². The van der Waals surface area contributed by atoms with E-state index in [-0.39, 0.29) is 5.41 Å². The minimum Gasteiger partial charge on any atom is -0.388 e. The van der Waals surface area contributed by atoms with Gasteiger partial charge in [-0.25, -0.2) is 0 Å². The minimum absolute atomic E-state index is 0.0926. The molecule has 1 atom stereocenters. The molecule has 20 heavy (non-hydrogen) atoms. The molecule has 1 aliphatic rings. The van der Waals surface area contributed by atoms with Gasteiger partial charge in [-0.15, -0.1) is 0 Å². The monoisotopic (exact) mass is 266 g/mol. The lowest BCUT2D eigenvalue weighted by molar-refractivity contribution is 0.0987. The van der Waals surface area contributed by atoms with Crippen molar-refractivity contribution in [3.63, 3.8) is 0 Å². The van der Waals surface area contributed by atoms with E-state index in [0.29, 0.717) is 5.56 Å². The first-order valence-corrected chi connectivity index (χ1v) is 6.89. The second-order valence-corrected chi connectivity index (χ2v) is 6.31. The lowest BCUT2D eigenvalue weighted by Crippen LogP contribution is -2.26. The molecule has 0 spiro atoms. The number of nitriles is 1. The fourth-order valence-electron chi connectivity index (χ4n) is 3.10. The Labute approximate surface area is 119 Å². The van der Waals surface area contributed by atoms with E-state index < -0.39 is 6.10 Å². The van der Waals surface area contributed by atoms with E-state index in [0.717, 1.165) is 29.8 Å². The topological polar surface area (TPSA) is 49.0 Å². The van der Waals surface area contributed by atoms with Crippen LogP contribution in [-0.2, 0) is 6.42 Å². The summed E-state index contributed by atoms with van der Waals surface area (Å²) in [5.41, 5.74) is 3.90. The van der Waals surface area contributed by atoms with Crippen molar-refractivity contribution in [1.29, 1.82) is 5.26 Å². The molecule has 1 unspecified atom stereocenters. The molecular weight excluding hydrogens is 248 g/mol. The predicted molar refractivity (Wildman–Crippen MR) is 77.5 cm³/mol. The summed E-state index contributed by atoms with van der Waals surface area (Å²) in [7, 11) is 0. The maximum absolute atomic E-state index is 10.3. The van der Waals surface area contributed by atoms with Crippen molar-refractivity contribution in [2.45, 2.75) is 32.8 Å². The summed E-state index contributed by atoms with van der Waals surface area (Å²) in [4.78, 5) is 0. The number of fused-ring (bicyclic) bond motifs is 1. The average molecular weight is 266 g/mol. The Balaban J connectivity index is 2.11. The molecule has 0 fully saturated rings. The smallest absolute Gasteiger partial charge is 0.0992 e. The quantitative estimate of drug-likeness (QED) is 0.860. The van der Waals surface area contributed by atoms with E-state index in [4.69, 9.17) is 5.26 Å². The van der Waals surface area contributed by atoms with Gasteiger partial charge in [0.1, 0.15) is 0 Å². The summed E-state index contributed by atoms with van der Waals surface area (Å²) in [6.45, 7) is 4.37. The highest BCUT2D eigenvalue weighted by atomic mass is 16.3. The molecule has 102 valence electrons. The van der Waals surface area contributed by atoms with Crippen molar-refractivity contribution >= 4 is 0 Å². The SMILES string of the molecule is CC1(C)Cc2c(ccn2-c2cccc(C#N)c2)C(O)C1. The Kier molecular flexibility index (Phi) is 2.92. The molecule has 0 saturated heterocycles. The van der Waals surface area contributed by atoms with Gasteiger partial charge < -0.3 is 9.67 Å². The second kappa shape index (κ2) is 4.50. The summed E-state index contributed by atoms with van der Waals surface area (Å²) in [5, 5.41) is 19.3. The van der Waals surface area contributed by atoms with Crippen LogP contribution in [0.3, 0.4) is 0 Å². The second-order valence-electron chi connectivity index (χ2n) is 6.31. The highest BCUT2D eigenvalue weighted by molar-refractivity contribution is 5.45. The first-order chi connectivity index (χ1) is 9.50. The normalized spacial score (nSPS) is 20.2. The van der Waals surface area contributed by atoms with Crippen molar-refractivity contribution in [2.24, 2.45) is 5.41 Å². The molecule has 0 radical (unpaired) electrons. The van der Waals surface area contributed by atoms with E-state index in [9.17, 15) is 5.11 Å². The third kappa shape index (κ3) is 2.13. The van der Waals surface area contributed by atoms with Crippen LogP contribution in [0, 0.1) is 16.7 Å². The lowest BCUT2D eigenvalue weighted by Gasteiger charge is -2.33. The van der Waals surface area contributed by atoms with Gasteiger partial charge in [-0.2, -0.15) is 5.26 Å². The van der Waals surface area contributed by atoms with Gasteiger partial charge in [-0.05, 0) is 42.5 Å². The molecule has 1 heterocycles. The first-order valence-electron chi connectivity index (χ1n) is 6.89. The summed E-state index contributed by atoms with van der Waals surface area (Å²) in [6, 6.07) is 11.7. The lowest BCUT2D eigenvalue weighted by atomic mass is 9.75. The molecule has 3 nitrogen and oxygen atoms in total. The van der Waals surface area contributed by atoms with Gasteiger partial charge in [0.25, 0.3) is 0 Å². The Morgan fingerprint density at radius 1 is 1.35 bits per heavy atom. The van der Waals surface area contributed by atoms with E-state index in [2.05, 4.69) is 24.5 Å². The fraction of sp³-hybridized carbons (Fsp3) is 0.353. The molecule has 3 heteroatoms. The van der Waals surface area contributed by atoms with E-state index in [1.165, 1.54) is 0 Å². The van der Waals surface area contributed by atoms with Crippen LogP contribution < -0.4 is 0 Å². The molecule has 1 aliphatic carbocycles. The number of aliphatic hydroxyl groups is 1. The third-order valence-electron chi connectivity index (χ3n) is 4.03. The molecule has 0 aliphatic heterocycles. The predicted octanol–water partition coefficient (Wildman–Crippen LogP) is 3.35. The number of aliphatic hydroxyl groups excluding tert-OH is 1. The molecule has 1 aromatic heterocycles. The van der Waals surface area contributed by atoms with Crippen molar-refractivity contribution in [1.82, 2.24) is 4.57 Å². The zero-order chi connectivity index (χ0) is 14.3. The molecular formula is C17H18N2O. The summed E-state index contributed by atoms with van der Waals surface area (Å²) in [5.74, 6) is 0. The average Bonchev–Trinajstić information content (AvgIpc) is 2.81. The van der Waals surface area contributed by atoms with Gasteiger partial charge in [-0.1, -0.05) is 19.9 Å². The van der Waals surface area contributed by atoms with Crippen molar-refractivity contribution in [3.8, 4) is 11.8 Å². The Hall–Kier alpha value is -2.05. The maximum atomic E-state index is 10.3. The van der Waals surface area contributed by atoms with Crippen LogP contribution in [0.25, 0.3) is 5.69 Å². The van der Waals surface area contributed by atoms with E-state index in [1.54, 1.807) is 6.07 Å². The number of hydrogen-bond donors (Lipinski definition) is 1. The van der Waals surface area contributed by atoms with Gasteiger partial charge in [0.2, 0.25) is 0 Å².